The number of fused-ring (bicyclic) bond motifs is 1. The van der Waals surface area contributed by atoms with Crippen LogP contribution in [0.5, 0.6) is 0 Å². The van der Waals surface area contributed by atoms with Crippen molar-refractivity contribution in [3.63, 3.8) is 0 Å². The standard InChI is InChI=1S/C13H12ClN3OS/c1-2-19(18)13-15-12-8-7-11(17(12)16-13)9-5-3-4-6-10(9)14/h2-6,11H,1,7-8H2/t11-,19-/m0/s1. The Balaban J connectivity index is 2.02. The van der Waals surface area contributed by atoms with E-state index in [1.807, 2.05) is 28.9 Å². The van der Waals surface area contributed by atoms with Crippen molar-refractivity contribution in [3.8, 4) is 0 Å². The fraction of sp³-hybridized carbons (Fsp3) is 0.231. The smallest absolute Gasteiger partial charge is 0.243 e. The lowest BCUT2D eigenvalue weighted by Crippen LogP contribution is -2.08. The number of hydrogen-bond donors (Lipinski definition) is 0. The van der Waals surface area contributed by atoms with E-state index >= 15 is 0 Å². The minimum absolute atomic E-state index is 0.0757. The second kappa shape index (κ2) is 4.90. The number of aromatic nitrogens is 3. The highest BCUT2D eigenvalue weighted by Crippen LogP contribution is 2.34. The van der Waals surface area contributed by atoms with Crippen LogP contribution >= 0.6 is 11.6 Å². The lowest BCUT2D eigenvalue weighted by molar-refractivity contribution is 0.541. The topological polar surface area (TPSA) is 47.8 Å². The molecule has 0 fully saturated rings. The Morgan fingerprint density at radius 1 is 1.47 bits per heavy atom. The zero-order valence-electron chi connectivity index (χ0n) is 10.1. The summed E-state index contributed by atoms with van der Waals surface area (Å²) in [5, 5.41) is 6.72. The van der Waals surface area contributed by atoms with Gasteiger partial charge >= 0.3 is 0 Å². The van der Waals surface area contributed by atoms with Crippen molar-refractivity contribution in [3.05, 3.63) is 52.7 Å². The second-order valence-corrected chi connectivity index (χ2v) is 6.00. The minimum Gasteiger partial charge on any atom is -0.246 e. The van der Waals surface area contributed by atoms with Gasteiger partial charge in [-0.05, 0) is 18.1 Å². The van der Waals surface area contributed by atoms with E-state index in [4.69, 9.17) is 11.6 Å². The van der Waals surface area contributed by atoms with Gasteiger partial charge in [0, 0.05) is 16.9 Å². The van der Waals surface area contributed by atoms with Crippen molar-refractivity contribution in [2.75, 3.05) is 0 Å². The van der Waals surface area contributed by atoms with E-state index in [1.165, 1.54) is 5.41 Å². The summed E-state index contributed by atoms with van der Waals surface area (Å²) in [6.45, 7) is 3.50. The monoisotopic (exact) mass is 293 g/mol. The first-order valence-corrected chi connectivity index (χ1v) is 7.53. The molecule has 1 aliphatic rings. The van der Waals surface area contributed by atoms with Gasteiger partial charge in [0.1, 0.15) is 16.6 Å². The number of hydrogen-bond acceptors (Lipinski definition) is 3. The van der Waals surface area contributed by atoms with E-state index in [0.29, 0.717) is 5.16 Å². The summed E-state index contributed by atoms with van der Waals surface area (Å²) in [4.78, 5) is 4.30. The Bertz CT molecular complexity index is 668. The summed E-state index contributed by atoms with van der Waals surface area (Å²) >= 11 is 6.23. The number of rotatable bonds is 3. The van der Waals surface area contributed by atoms with Crippen LogP contribution < -0.4 is 0 Å². The van der Waals surface area contributed by atoms with Crippen LogP contribution in [0.25, 0.3) is 0 Å². The van der Waals surface area contributed by atoms with E-state index in [1.54, 1.807) is 0 Å². The van der Waals surface area contributed by atoms with Gasteiger partial charge < -0.3 is 0 Å². The molecule has 1 aromatic heterocycles. The largest absolute Gasteiger partial charge is 0.246 e. The summed E-state index contributed by atoms with van der Waals surface area (Å²) in [6, 6.07) is 7.80. The first-order chi connectivity index (χ1) is 9.20. The van der Waals surface area contributed by atoms with Gasteiger partial charge in [-0.3, -0.25) is 0 Å². The van der Waals surface area contributed by atoms with Crippen LogP contribution in [-0.2, 0) is 17.2 Å². The number of nitrogens with zero attached hydrogens (tertiary/aromatic N) is 3. The Kier molecular flexibility index (Phi) is 3.24. The molecule has 4 nitrogen and oxygen atoms in total. The van der Waals surface area contributed by atoms with E-state index < -0.39 is 10.8 Å². The molecule has 0 radical (unpaired) electrons. The van der Waals surface area contributed by atoms with Crippen molar-refractivity contribution in [2.45, 2.75) is 24.0 Å². The SMILES string of the molecule is C=C[S@](=O)c1nc2n(n1)[C@H](c1ccccc1Cl)CC2. The molecule has 98 valence electrons. The predicted molar refractivity (Wildman–Crippen MR) is 74.5 cm³/mol. The summed E-state index contributed by atoms with van der Waals surface area (Å²) in [7, 11) is -1.34. The number of aryl methyl sites for hydroxylation is 1. The van der Waals surface area contributed by atoms with Crippen LogP contribution in [0.4, 0.5) is 0 Å². The lowest BCUT2D eigenvalue weighted by atomic mass is 10.1. The molecule has 0 unspecified atom stereocenters. The van der Waals surface area contributed by atoms with Gasteiger partial charge in [-0.15, -0.1) is 5.10 Å². The highest BCUT2D eigenvalue weighted by atomic mass is 35.5. The van der Waals surface area contributed by atoms with Gasteiger partial charge in [0.25, 0.3) is 0 Å². The number of benzene rings is 1. The van der Waals surface area contributed by atoms with Gasteiger partial charge in [0.2, 0.25) is 5.16 Å². The summed E-state index contributed by atoms with van der Waals surface area (Å²) < 4.78 is 13.5. The summed E-state index contributed by atoms with van der Waals surface area (Å²) in [6.07, 6.45) is 1.73. The van der Waals surface area contributed by atoms with Crippen molar-refractivity contribution in [2.24, 2.45) is 0 Å². The predicted octanol–water partition coefficient (Wildman–Crippen LogP) is 2.72. The zero-order valence-corrected chi connectivity index (χ0v) is 11.7. The average molecular weight is 294 g/mol. The molecule has 0 spiro atoms. The molecule has 2 atom stereocenters. The van der Waals surface area contributed by atoms with Gasteiger partial charge in [0.15, 0.2) is 0 Å². The second-order valence-electron chi connectivity index (χ2n) is 4.30. The van der Waals surface area contributed by atoms with Crippen molar-refractivity contribution < 1.29 is 4.21 Å². The Morgan fingerprint density at radius 3 is 3.00 bits per heavy atom. The van der Waals surface area contributed by atoms with Crippen molar-refractivity contribution >= 4 is 22.4 Å². The summed E-state index contributed by atoms with van der Waals surface area (Å²) in [5.74, 6) is 0.857. The maximum absolute atomic E-state index is 11.7. The van der Waals surface area contributed by atoms with Gasteiger partial charge in [0.05, 0.1) is 6.04 Å². The Morgan fingerprint density at radius 2 is 2.26 bits per heavy atom. The fourth-order valence-electron chi connectivity index (χ4n) is 2.33. The van der Waals surface area contributed by atoms with E-state index in [-0.39, 0.29) is 6.04 Å². The molecular formula is C13H12ClN3OS. The van der Waals surface area contributed by atoms with Crippen molar-refractivity contribution in [1.82, 2.24) is 14.8 Å². The first kappa shape index (κ1) is 12.6. The van der Waals surface area contributed by atoms with Crippen molar-refractivity contribution in [1.29, 1.82) is 0 Å². The molecule has 2 heterocycles. The van der Waals surface area contributed by atoms with Gasteiger partial charge in [-0.1, -0.05) is 36.4 Å². The first-order valence-electron chi connectivity index (χ1n) is 5.93. The van der Waals surface area contributed by atoms with Gasteiger partial charge in [-0.2, -0.15) is 0 Å². The molecule has 2 aromatic rings. The third-order valence-corrected chi connectivity index (χ3v) is 4.39. The maximum atomic E-state index is 11.7. The average Bonchev–Trinajstić information content (AvgIpc) is 2.98. The molecule has 0 saturated carbocycles. The Hall–Kier alpha value is -1.46. The normalized spacial score (nSPS) is 19.1. The van der Waals surface area contributed by atoms with Gasteiger partial charge in [-0.25, -0.2) is 13.9 Å². The molecule has 19 heavy (non-hydrogen) atoms. The fourth-order valence-corrected chi connectivity index (χ4v) is 3.11. The molecule has 0 amide bonds. The zero-order chi connectivity index (χ0) is 13.4. The lowest BCUT2D eigenvalue weighted by Gasteiger charge is -2.13. The van der Waals surface area contributed by atoms with E-state index in [0.717, 1.165) is 29.3 Å². The van der Waals surface area contributed by atoms with E-state index in [2.05, 4.69) is 16.7 Å². The van der Waals surface area contributed by atoms with Crippen LogP contribution in [0, 0.1) is 0 Å². The molecule has 0 N–H and O–H groups in total. The van der Waals surface area contributed by atoms with Crippen LogP contribution in [0.2, 0.25) is 5.02 Å². The summed E-state index contributed by atoms with van der Waals surface area (Å²) in [5.41, 5.74) is 1.03. The molecule has 0 saturated heterocycles. The molecular weight excluding hydrogens is 282 g/mol. The maximum Gasteiger partial charge on any atom is 0.243 e. The van der Waals surface area contributed by atoms with Crippen LogP contribution in [0.3, 0.4) is 0 Å². The van der Waals surface area contributed by atoms with E-state index in [9.17, 15) is 4.21 Å². The Labute approximate surface area is 118 Å². The third kappa shape index (κ3) is 2.13. The highest BCUT2D eigenvalue weighted by molar-refractivity contribution is 7.87. The van der Waals surface area contributed by atoms with Crippen LogP contribution in [-0.4, -0.2) is 19.0 Å². The molecule has 0 bridgehead atoms. The molecule has 1 aliphatic heterocycles. The highest BCUT2D eigenvalue weighted by Gasteiger charge is 2.29. The van der Waals surface area contributed by atoms with Crippen LogP contribution in [0.15, 0.2) is 41.4 Å². The quantitative estimate of drug-likeness (QED) is 0.874. The molecule has 6 heteroatoms. The molecule has 3 rings (SSSR count). The molecule has 1 aromatic carbocycles. The third-order valence-electron chi connectivity index (χ3n) is 3.21. The number of halogens is 1. The molecule has 0 aliphatic carbocycles. The van der Waals surface area contributed by atoms with Crippen LogP contribution in [0.1, 0.15) is 23.9 Å². The minimum atomic E-state index is -1.34.